The van der Waals surface area contributed by atoms with Crippen molar-refractivity contribution < 1.29 is 26.4 Å². The quantitative estimate of drug-likeness (QED) is 0.366. The smallest absolute Gasteiger partial charge is 0.357 e. The van der Waals surface area contributed by atoms with Gasteiger partial charge >= 0.3 is 16.7 Å². The minimum atomic E-state index is -4.50. The molecule has 3 rings (SSSR count). The van der Waals surface area contributed by atoms with Gasteiger partial charge in [-0.15, -0.1) is 0 Å². The fraction of sp³-hybridized carbons (Fsp3) is 0.350. The van der Waals surface area contributed by atoms with E-state index in [0.29, 0.717) is 16.5 Å². The van der Waals surface area contributed by atoms with Crippen molar-refractivity contribution in [3.63, 3.8) is 0 Å². The van der Waals surface area contributed by atoms with Crippen molar-refractivity contribution in [3.05, 3.63) is 63.6 Å². The molecule has 1 aliphatic carbocycles. The van der Waals surface area contributed by atoms with E-state index in [1.807, 2.05) is 0 Å². The first-order valence-corrected chi connectivity index (χ1v) is 11.1. The molecular formula is C20H19Cl2F3N2O3S. The van der Waals surface area contributed by atoms with Crippen molar-refractivity contribution in [2.24, 2.45) is 11.1 Å². The highest BCUT2D eigenvalue weighted by atomic mass is 35.5. The van der Waals surface area contributed by atoms with Gasteiger partial charge < -0.3 is 4.84 Å². The number of rotatable bonds is 4. The first-order chi connectivity index (χ1) is 14.6. The minimum Gasteiger partial charge on any atom is -0.357 e. The highest BCUT2D eigenvalue weighted by molar-refractivity contribution is 7.60. The third-order valence-electron chi connectivity index (χ3n) is 4.62. The molecule has 0 radical (unpaired) electrons. The van der Waals surface area contributed by atoms with Gasteiger partial charge in [0.1, 0.15) is 0 Å². The van der Waals surface area contributed by atoms with Crippen LogP contribution in [-0.2, 0) is 16.7 Å². The normalized spacial score (nSPS) is 15.1. The van der Waals surface area contributed by atoms with E-state index in [1.54, 1.807) is 24.3 Å². The fourth-order valence-electron chi connectivity index (χ4n) is 3.29. The summed E-state index contributed by atoms with van der Waals surface area (Å²) in [7, 11) is -2.61. The highest BCUT2D eigenvalue weighted by Crippen LogP contribution is 2.37. The second-order valence-electron chi connectivity index (χ2n) is 6.78. The third-order valence-corrected chi connectivity index (χ3v) is 5.10. The average molecular weight is 495 g/mol. The Morgan fingerprint density at radius 2 is 1.55 bits per heavy atom. The molecule has 1 aliphatic rings. The molecule has 0 spiro atoms. The zero-order chi connectivity index (χ0) is 23.0. The van der Waals surface area contributed by atoms with Gasteiger partial charge in [0, 0.05) is 21.5 Å². The summed E-state index contributed by atoms with van der Waals surface area (Å²) in [5, 5.41) is 4.91. The predicted octanol–water partition coefficient (Wildman–Crippen LogP) is 7.00. The van der Waals surface area contributed by atoms with Crippen LogP contribution in [0.1, 0.15) is 43.2 Å². The van der Waals surface area contributed by atoms with Gasteiger partial charge in [-0.2, -0.15) is 26.4 Å². The van der Waals surface area contributed by atoms with Crippen LogP contribution in [-0.4, -0.2) is 14.1 Å². The van der Waals surface area contributed by atoms with Crippen LogP contribution >= 0.6 is 23.2 Å². The number of nitrogens with zero attached hydrogens (tertiary/aromatic N) is 1. The Hall–Kier alpha value is -2.10. The van der Waals surface area contributed by atoms with Gasteiger partial charge in [0.05, 0.1) is 11.3 Å². The van der Waals surface area contributed by atoms with Gasteiger partial charge in [0.25, 0.3) is 0 Å². The van der Waals surface area contributed by atoms with Gasteiger partial charge in [-0.3, -0.25) is 0 Å². The molecular weight excluding hydrogens is 476 g/mol. The molecule has 0 aliphatic heterocycles. The van der Waals surface area contributed by atoms with Crippen molar-refractivity contribution in [2.75, 3.05) is 0 Å². The van der Waals surface area contributed by atoms with Gasteiger partial charge in [-0.1, -0.05) is 47.6 Å². The van der Waals surface area contributed by atoms with E-state index in [4.69, 9.17) is 41.2 Å². The summed E-state index contributed by atoms with van der Waals surface area (Å²) in [4.78, 5) is 5.46. The summed E-state index contributed by atoms with van der Waals surface area (Å²) in [6.07, 6.45) is 0.0114. The van der Waals surface area contributed by atoms with Gasteiger partial charge in [-0.25, -0.2) is 0 Å². The van der Waals surface area contributed by atoms with E-state index in [1.165, 1.54) is 12.1 Å². The van der Waals surface area contributed by atoms with Crippen LogP contribution in [0.15, 0.2) is 47.6 Å². The molecule has 0 amide bonds. The molecule has 0 aromatic heterocycles. The predicted molar refractivity (Wildman–Crippen MR) is 113 cm³/mol. The van der Waals surface area contributed by atoms with Crippen LogP contribution in [0, 0.1) is 10.7 Å². The molecule has 0 saturated heterocycles. The Kier molecular flexibility index (Phi) is 9.33. The Balaban J connectivity index is 0.000000785. The lowest BCUT2D eigenvalue weighted by atomic mass is 9.82. The molecule has 0 heterocycles. The summed E-state index contributed by atoms with van der Waals surface area (Å²) in [6.45, 7) is 0. The molecule has 0 bridgehead atoms. The Labute approximate surface area is 189 Å². The maximum absolute atomic E-state index is 13.6. The van der Waals surface area contributed by atoms with Crippen molar-refractivity contribution in [3.8, 4) is 5.75 Å². The molecule has 1 fully saturated rings. The van der Waals surface area contributed by atoms with Crippen molar-refractivity contribution in [2.45, 2.75) is 38.3 Å². The number of nitrogens with one attached hydrogen (secondary N) is 1. The maximum atomic E-state index is 13.6. The van der Waals surface area contributed by atoms with Crippen LogP contribution in [0.5, 0.6) is 5.75 Å². The second-order valence-corrected chi connectivity index (χ2v) is 8.12. The number of benzene rings is 2. The Morgan fingerprint density at radius 3 is 2.10 bits per heavy atom. The summed E-state index contributed by atoms with van der Waals surface area (Å²) in [5.41, 5.74) is -0.480. The Morgan fingerprint density at radius 1 is 1.00 bits per heavy atom. The summed E-state index contributed by atoms with van der Waals surface area (Å²) < 4.78 is 63.5. The average Bonchev–Trinajstić information content (AvgIpc) is 2.69. The minimum absolute atomic E-state index is 0.0177. The monoisotopic (exact) mass is 494 g/mol. The SMILES string of the molecule is FC(F)(F)c1ccc(Cl)cc1/C(=N/Oc1ccc(Cl)cc1)C1CCCCC1.N=S(=O)=O. The third kappa shape index (κ3) is 8.16. The van der Waals surface area contributed by atoms with Crippen LogP contribution in [0.25, 0.3) is 0 Å². The molecule has 0 unspecified atom stereocenters. The number of halogens is 5. The van der Waals surface area contributed by atoms with E-state index < -0.39 is 22.2 Å². The van der Waals surface area contributed by atoms with Crippen molar-refractivity contribution >= 4 is 39.4 Å². The topological polar surface area (TPSA) is 79.6 Å². The standard InChI is InChI=1S/C20H18Cl2F3NO.HNO2S/c21-14-6-9-16(10-7-14)27-26-19(13-4-2-1-3-5-13)17-12-15(22)8-11-18(17)20(23,24)25;1-4(2)3/h6-13H,1-5H2;1H/b26-19+;. The molecule has 11 heteroatoms. The maximum Gasteiger partial charge on any atom is 0.417 e. The molecule has 1 saturated carbocycles. The van der Waals surface area contributed by atoms with Crippen LogP contribution in [0.2, 0.25) is 10.0 Å². The molecule has 2 aromatic rings. The van der Waals surface area contributed by atoms with Gasteiger partial charge in [0.2, 0.25) is 0 Å². The van der Waals surface area contributed by atoms with E-state index >= 15 is 0 Å². The van der Waals surface area contributed by atoms with Gasteiger partial charge in [-0.05, 0) is 55.3 Å². The molecule has 168 valence electrons. The first kappa shape index (κ1) is 25.2. The fourth-order valence-corrected chi connectivity index (χ4v) is 3.59. The molecule has 0 atom stereocenters. The van der Waals surface area contributed by atoms with E-state index in [9.17, 15) is 13.2 Å². The second kappa shape index (κ2) is 11.5. The summed E-state index contributed by atoms with van der Waals surface area (Å²) >= 11 is 11.9. The zero-order valence-electron chi connectivity index (χ0n) is 16.1. The lowest BCUT2D eigenvalue weighted by Gasteiger charge is -2.25. The van der Waals surface area contributed by atoms with E-state index in [2.05, 4.69) is 5.16 Å². The molecule has 1 N–H and O–H groups in total. The zero-order valence-corrected chi connectivity index (χ0v) is 18.5. The number of oxime groups is 1. The lowest BCUT2D eigenvalue weighted by molar-refractivity contribution is -0.137. The van der Waals surface area contributed by atoms with Gasteiger partial charge in [0.15, 0.2) is 5.75 Å². The highest BCUT2D eigenvalue weighted by Gasteiger charge is 2.36. The number of hydrogen-bond acceptors (Lipinski definition) is 5. The van der Waals surface area contributed by atoms with Crippen LogP contribution < -0.4 is 4.84 Å². The number of alkyl halides is 3. The first-order valence-electron chi connectivity index (χ1n) is 9.26. The van der Waals surface area contributed by atoms with Crippen molar-refractivity contribution in [1.29, 1.82) is 4.78 Å². The number of hydrogen-bond donors (Lipinski definition) is 1. The largest absolute Gasteiger partial charge is 0.417 e. The molecule has 5 nitrogen and oxygen atoms in total. The Bertz CT molecular complexity index is 1010. The molecule has 2 aromatic carbocycles. The van der Waals surface area contributed by atoms with Crippen molar-refractivity contribution in [1.82, 2.24) is 0 Å². The van der Waals surface area contributed by atoms with E-state index in [-0.39, 0.29) is 16.5 Å². The lowest BCUT2D eigenvalue weighted by Crippen LogP contribution is -2.23. The summed E-state index contributed by atoms with van der Waals surface area (Å²) in [6, 6.07) is 10.1. The summed E-state index contributed by atoms with van der Waals surface area (Å²) in [5.74, 6) is 0.300. The van der Waals surface area contributed by atoms with Crippen LogP contribution in [0.4, 0.5) is 13.2 Å². The van der Waals surface area contributed by atoms with E-state index in [0.717, 1.165) is 38.2 Å². The van der Waals surface area contributed by atoms with Crippen LogP contribution in [0.3, 0.4) is 0 Å². The molecule has 31 heavy (non-hydrogen) atoms.